The Balaban J connectivity index is 5.26. The van der Waals surface area contributed by atoms with Gasteiger partial charge in [0, 0.05) is 10.8 Å². The molecule has 0 bridgehead atoms. The Hall–Kier alpha value is -0.330. The van der Waals surface area contributed by atoms with Gasteiger partial charge in [0.05, 0.1) is 0 Å². The van der Waals surface area contributed by atoms with Crippen molar-refractivity contribution >= 4 is 5.78 Å². The van der Waals surface area contributed by atoms with E-state index < -0.39 is 0 Å². The summed E-state index contributed by atoms with van der Waals surface area (Å²) in [7, 11) is 0. The van der Waals surface area contributed by atoms with E-state index in [-0.39, 0.29) is 10.8 Å². The van der Waals surface area contributed by atoms with E-state index >= 15 is 0 Å². The van der Waals surface area contributed by atoms with E-state index in [9.17, 15) is 4.79 Å². The fourth-order valence-electron chi connectivity index (χ4n) is 3.03. The van der Waals surface area contributed by atoms with Crippen LogP contribution in [0.25, 0.3) is 0 Å². The quantitative estimate of drug-likeness (QED) is 0.570. The van der Waals surface area contributed by atoms with Gasteiger partial charge >= 0.3 is 0 Å². The molecule has 0 amide bonds. The van der Waals surface area contributed by atoms with Gasteiger partial charge in [-0.25, -0.2) is 0 Å². The average Bonchev–Trinajstić information content (AvgIpc) is 2.35. The van der Waals surface area contributed by atoms with Crippen LogP contribution >= 0.6 is 0 Å². The van der Waals surface area contributed by atoms with E-state index in [1.54, 1.807) is 0 Å². The van der Waals surface area contributed by atoms with Crippen molar-refractivity contribution in [1.29, 1.82) is 0 Å². The van der Waals surface area contributed by atoms with Crippen LogP contribution in [0.5, 0.6) is 0 Å². The van der Waals surface area contributed by atoms with Crippen LogP contribution in [0.3, 0.4) is 0 Å². The van der Waals surface area contributed by atoms with Gasteiger partial charge in [0.2, 0.25) is 0 Å². The number of carbonyl (C=O) groups is 1. The zero-order valence-electron chi connectivity index (χ0n) is 12.2. The molecular weight excluding hydrogens is 196 g/mol. The summed E-state index contributed by atoms with van der Waals surface area (Å²) in [5.74, 6) is 0.528. The zero-order valence-corrected chi connectivity index (χ0v) is 12.2. The zero-order chi connectivity index (χ0) is 12.8. The summed E-state index contributed by atoms with van der Waals surface area (Å²) in [6.07, 6.45) is 5.92. The fraction of sp³-hybridized carbons (Fsp3) is 0.933. The first-order valence-corrected chi connectivity index (χ1v) is 7.07. The summed E-state index contributed by atoms with van der Waals surface area (Å²) in [4.78, 5) is 12.9. The van der Waals surface area contributed by atoms with Gasteiger partial charge in [0.1, 0.15) is 5.78 Å². The van der Waals surface area contributed by atoms with Crippen LogP contribution in [-0.4, -0.2) is 5.78 Å². The second-order valence-corrected chi connectivity index (χ2v) is 5.01. The third-order valence-corrected chi connectivity index (χ3v) is 5.02. The summed E-state index contributed by atoms with van der Waals surface area (Å²) < 4.78 is 0. The lowest BCUT2D eigenvalue weighted by molar-refractivity contribution is -0.141. The topological polar surface area (TPSA) is 17.1 Å². The first-order valence-electron chi connectivity index (χ1n) is 7.07. The molecule has 0 aromatic rings. The molecule has 0 unspecified atom stereocenters. The molecule has 0 aliphatic rings. The van der Waals surface area contributed by atoms with Gasteiger partial charge in [0.25, 0.3) is 0 Å². The summed E-state index contributed by atoms with van der Waals surface area (Å²) in [5.41, 5.74) is -0.135. The first kappa shape index (κ1) is 15.7. The van der Waals surface area contributed by atoms with Crippen molar-refractivity contribution in [2.75, 3.05) is 0 Å². The number of ketones is 1. The van der Waals surface area contributed by atoms with Crippen LogP contribution in [0, 0.1) is 10.8 Å². The molecule has 0 heterocycles. The Bertz CT molecular complexity index is 171. The van der Waals surface area contributed by atoms with Crippen molar-refractivity contribution in [2.24, 2.45) is 10.8 Å². The van der Waals surface area contributed by atoms with E-state index in [2.05, 4.69) is 41.5 Å². The van der Waals surface area contributed by atoms with Crippen molar-refractivity contribution in [1.82, 2.24) is 0 Å². The number of hydrogen-bond donors (Lipinski definition) is 0. The minimum Gasteiger partial charge on any atom is -0.298 e. The highest BCUT2D eigenvalue weighted by Gasteiger charge is 2.44. The lowest BCUT2D eigenvalue weighted by Gasteiger charge is -2.40. The molecule has 96 valence electrons. The van der Waals surface area contributed by atoms with E-state index in [1.807, 2.05) is 0 Å². The summed E-state index contributed by atoms with van der Waals surface area (Å²) in [6, 6.07) is 0. The highest BCUT2D eigenvalue weighted by molar-refractivity contribution is 5.90. The summed E-state index contributed by atoms with van der Waals surface area (Å²) >= 11 is 0. The molecule has 0 fully saturated rings. The predicted octanol–water partition coefficient (Wildman–Crippen LogP) is 4.99. The molecule has 1 nitrogen and oxygen atoms in total. The van der Waals surface area contributed by atoms with Crippen molar-refractivity contribution < 1.29 is 4.79 Å². The Morgan fingerprint density at radius 2 is 0.812 bits per heavy atom. The Morgan fingerprint density at radius 1 is 0.625 bits per heavy atom. The standard InChI is InChI=1S/C15H30O/c1-7-14(8-2,9-3)13(16)15(10-4,11-5)12-6/h7-12H2,1-6H3. The van der Waals surface area contributed by atoms with Crippen LogP contribution < -0.4 is 0 Å². The van der Waals surface area contributed by atoms with Gasteiger partial charge in [0.15, 0.2) is 0 Å². The van der Waals surface area contributed by atoms with Gasteiger partial charge in [-0.15, -0.1) is 0 Å². The Morgan fingerprint density at radius 3 is 0.938 bits per heavy atom. The number of hydrogen-bond acceptors (Lipinski definition) is 1. The van der Waals surface area contributed by atoms with Gasteiger partial charge in [-0.3, -0.25) is 4.79 Å². The third-order valence-electron chi connectivity index (χ3n) is 5.02. The van der Waals surface area contributed by atoms with Crippen LogP contribution in [-0.2, 0) is 4.79 Å². The molecule has 0 N–H and O–H groups in total. The number of carbonyl (C=O) groups excluding carboxylic acids is 1. The van der Waals surface area contributed by atoms with E-state index in [0.717, 1.165) is 38.5 Å². The maximum atomic E-state index is 12.9. The lowest BCUT2D eigenvalue weighted by Crippen LogP contribution is -2.42. The molecule has 0 aliphatic heterocycles. The van der Waals surface area contributed by atoms with Gasteiger partial charge in [-0.2, -0.15) is 0 Å². The molecular formula is C15H30O. The molecule has 0 aromatic carbocycles. The average molecular weight is 226 g/mol. The maximum absolute atomic E-state index is 12.9. The molecule has 0 saturated heterocycles. The molecule has 0 saturated carbocycles. The number of Topliss-reactive ketones (excluding diaryl/α,β-unsaturated/α-hetero) is 1. The minimum absolute atomic E-state index is 0.0674. The van der Waals surface area contributed by atoms with E-state index in [4.69, 9.17) is 0 Å². The smallest absolute Gasteiger partial charge is 0.145 e. The Labute approximate surface area is 102 Å². The summed E-state index contributed by atoms with van der Waals surface area (Å²) in [5, 5.41) is 0. The SMILES string of the molecule is CCC(CC)(CC)C(=O)C(CC)(CC)CC. The largest absolute Gasteiger partial charge is 0.298 e. The van der Waals surface area contributed by atoms with Crippen LogP contribution in [0.4, 0.5) is 0 Å². The van der Waals surface area contributed by atoms with Crippen molar-refractivity contribution in [3.05, 3.63) is 0 Å². The number of rotatable bonds is 8. The highest BCUT2D eigenvalue weighted by atomic mass is 16.1. The van der Waals surface area contributed by atoms with Crippen molar-refractivity contribution in [3.8, 4) is 0 Å². The minimum atomic E-state index is -0.0674. The molecule has 0 rings (SSSR count). The Kier molecular flexibility index (Phi) is 6.28. The predicted molar refractivity (Wildman–Crippen MR) is 71.6 cm³/mol. The van der Waals surface area contributed by atoms with Crippen molar-refractivity contribution in [2.45, 2.75) is 80.1 Å². The molecule has 16 heavy (non-hydrogen) atoms. The molecule has 0 spiro atoms. The lowest BCUT2D eigenvalue weighted by atomic mass is 9.62. The molecule has 1 heteroatoms. The second-order valence-electron chi connectivity index (χ2n) is 5.01. The fourth-order valence-corrected chi connectivity index (χ4v) is 3.03. The summed E-state index contributed by atoms with van der Waals surface area (Å²) in [6.45, 7) is 13.0. The normalized spacial score (nSPS) is 12.9. The molecule has 0 aliphatic carbocycles. The molecule has 0 radical (unpaired) electrons. The molecule has 0 aromatic heterocycles. The maximum Gasteiger partial charge on any atom is 0.145 e. The van der Waals surface area contributed by atoms with Crippen LogP contribution in [0.1, 0.15) is 80.1 Å². The van der Waals surface area contributed by atoms with Gasteiger partial charge in [-0.1, -0.05) is 41.5 Å². The van der Waals surface area contributed by atoms with Crippen LogP contribution in [0.2, 0.25) is 0 Å². The van der Waals surface area contributed by atoms with Gasteiger partial charge < -0.3 is 0 Å². The van der Waals surface area contributed by atoms with Crippen LogP contribution in [0.15, 0.2) is 0 Å². The molecule has 0 atom stereocenters. The second kappa shape index (κ2) is 6.42. The third kappa shape index (κ3) is 2.49. The van der Waals surface area contributed by atoms with Gasteiger partial charge in [-0.05, 0) is 38.5 Å². The van der Waals surface area contributed by atoms with E-state index in [0.29, 0.717) is 5.78 Å². The highest BCUT2D eigenvalue weighted by Crippen LogP contribution is 2.43. The van der Waals surface area contributed by atoms with E-state index in [1.165, 1.54) is 0 Å². The first-order chi connectivity index (χ1) is 7.52. The monoisotopic (exact) mass is 226 g/mol. The van der Waals surface area contributed by atoms with Crippen molar-refractivity contribution in [3.63, 3.8) is 0 Å².